The number of aromatic amines is 1. The number of nitrogens with zero attached hydrogens (tertiary/aromatic N) is 4. The number of nitrogen functional groups attached to an aromatic ring is 1. The van der Waals surface area contributed by atoms with Gasteiger partial charge in [-0.1, -0.05) is 55.8 Å². The van der Waals surface area contributed by atoms with Crippen LogP contribution in [0.1, 0.15) is 37.2 Å². The van der Waals surface area contributed by atoms with Crippen LogP contribution in [0.2, 0.25) is 0 Å². The monoisotopic (exact) mass is 583 g/mol. The van der Waals surface area contributed by atoms with Gasteiger partial charge >= 0.3 is 0 Å². The van der Waals surface area contributed by atoms with Crippen molar-refractivity contribution in [1.29, 1.82) is 0 Å². The first kappa shape index (κ1) is 31.0. The lowest BCUT2D eigenvalue weighted by atomic mass is 9.97. The molecule has 13 nitrogen and oxygen atoms in total. The maximum absolute atomic E-state index is 13.4. The van der Waals surface area contributed by atoms with Crippen LogP contribution in [0.3, 0.4) is 0 Å². The molecule has 41 heavy (non-hydrogen) atoms. The van der Waals surface area contributed by atoms with E-state index in [2.05, 4.69) is 36.6 Å². The Hall–Kier alpha value is -4.52. The predicted octanol–water partition coefficient (Wildman–Crippen LogP) is 0.668. The van der Waals surface area contributed by atoms with Gasteiger partial charge in [-0.15, -0.1) is 22.6 Å². The van der Waals surface area contributed by atoms with Crippen LogP contribution < -0.4 is 26.6 Å². The minimum atomic E-state index is -0.841. The van der Waals surface area contributed by atoms with E-state index < -0.39 is 23.9 Å². The van der Waals surface area contributed by atoms with Crippen molar-refractivity contribution in [1.82, 2.24) is 36.6 Å². The largest absolute Gasteiger partial charge is 0.399 e. The Bertz CT molecular complexity index is 1370. The maximum atomic E-state index is 13.4. The molecule has 4 rings (SSSR count). The summed E-state index contributed by atoms with van der Waals surface area (Å²) < 4.78 is 0. The number of carbonyl (C=O) groups is 4. The number of nitrogens with one attached hydrogen (secondary N) is 4. The Morgan fingerprint density at radius 3 is 2.61 bits per heavy atom. The molecule has 218 valence electrons. The Kier molecular flexibility index (Phi) is 10.8. The van der Waals surface area contributed by atoms with Crippen LogP contribution in [0, 0.1) is 5.92 Å². The average molecular weight is 584 g/mol. The van der Waals surface area contributed by atoms with Crippen LogP contribution in [-0.4, -0.2) is 62.9 Å². The van der Waals surface area contributed by atoms with E-state index in [0.29, 0.717) is 30.0 Å². The maximum Gasteiger partial charge on any atom is 0.247 e. The molecule has 2 heterocycles. The van der Waals surface area contributed by atoms with Gasteiger partial charge in [-0.2, -0.15) is 5.21 Å². The summed E-state index contributed by atoms with van der Waals surface area (Å²) in [5, 5.41) is 21.6. The fourth-order valence-corrected chi connectivity index (χ4v) is 4.62. The van der Waals surface area contributed by atoms with Crippen molar-refractivity contribution in [3.63, 3.8) is 0 Å². The highest BCUT2D eigenvalue weighted by Gasteiger charge is 2.38. The van der Waals surface area contributed by atoms with Crippen LogP contribution in [0.15, 0.2) is 48.5 Å². The molecule has 0 bridgehead atoms. The molecule has 1 aromatic heterocycles. The fourth-order valence-electron chi connectivity index (χ4n) is 4.62. The van der Waals surface area contributed by atoms with Crippen molar-refractivity contribution in [2.75, 3.05) is 17.2 Å². The van der Waals surface area contributed by atoms with E-state index in [-0.39, 0.29) is 49.6 Å². The summed E-state index contributed by atoms with van der Waals surface area (Å²) in [5.41, 5.74) is 8.53. The predicted molar refractivity (Wildman–Crippen MR) is 154 cm³/mol. The summed E-state index contributed by atoms with van der Waals surface area (Å²) in [4.78, 5) is 53.8. The Morgan fingerprint density at radius 2 is 1.90 bits per heavy atom. The highest BCUT2D eigenvalue weighted by atomic mass is 35.5. The Labute approximate surface area is 243 Å². The number of H-pyrrole nitrogens is 1. The number of nitrogens with two attached hydrogens (primary N) is 1. The third-order valence-electron chi connectivity index (χ3n) is 6.90. The second-order valence-corrected chi connectivity index (χ2v) is 9.73. The molecule has 3 atom stereocenters. The van der Waals surface area contributed by atoms with Crippen LogP contribution in [0.5, 0.6) is 0 Å². The van der Waals surface area contributed by atoms with Gasteiger partial charge in [-0.3, -0.25) is 24.1 Å². The molecule has 0 saturated heterocycles. The van der Waals surface area contributed by atoms with Gasteiger partial charge in [0.2, 0.25) is 23.6 Å². The third kappa shape index (κ3) is 7.78. The lowest BCUT2D eigenvalue weighted by molar-refractivity contribution is -0.131. The van der Waals surface area contributed by atoms with Gasteiger partial charge in [0.05, 0.1) is 19.5 Å². The second-order valence-electron chi connectivity index (χ2n) is 9.73. The first-order valence-electron chi connectivity index (χ1n) is 13.1. The van der Waals surface area contributed by atoms with E-state index in [1.807, 2.05) is 26.0 Å². The van der Waals surface area contributed by atoms with Crippen LogP contribution in [0.4, 0.5) is 11.4 Å². The lowest BCUT2D eigenvalue weighted by Crippen LogP contribution is -2.54. The third-order valence-corrected chi connectivity index (χ3v) is 6.90. The van der Waals surface area contributed by atoms with Gasteiger partial charge in [0.1, 0.15) is 12.1 Å². The van der Waals surface area contributed by atoms with Gasteiger partial charge < -0.3 is 21.7 Å². The molecule has 0 aliphatic carbocycles. The van der Waals surface area contributed by atoms with Crippen molar-refractivity contribution in [3.05, 3.63) is 65.5 Å². The van der Waals surface area contributed by atoms with Crippen molar-refractivity contribution < 1.29 is 19.2 Å². The van der Waals surface area contributed by atoms with E-state index in [1.165, 1.54) is 4.90 Å². The zero-order chi connectivity index (χ0) is 28.6. The number of carbonyl (C=O) groups excluding carboxylic acids is 4. The molecule has 0 radical (unpaired) electrons. The van der Waals surface area contributed by atoms with Crippen LogP contribution in [0.25, 0.3) is 0 Å². The molecule has 1 aliphatic rings. The molecule has 1 aliphatic heterocycles. The number of anilines is 2. The summed E-state index contributed by atoms with van der Waals surface area (Å²) in [7, 11) is 0. The molecule has 0 fully saturated rings. The van der Waals surface area contributed by atoms with Crippen molar-refractivity contribution in [3.8, 4) is 0 Å². The number of aromatic nitrogens is 4. The number of fused-ring (bicyclic) bond motifs is 1. The highest BCUT2D eigenvalue weighted by molar-refractivity contribution is 6.05. The molecule has 14 heteroatoms. The SMILES string of the molecule is CCC(C)C(NC(=O)Cc1cccc(N)c1)C(=O)NCC(=O)N1c2ccccc2C[C@H]1C(=O)NCc1nn[nH]n1.Cl. The number of hydrogen-bond acceptors (Lipinski definition) is 8. The Morgan fingerprint density at radius 1 is 1.12 bits per heavy atom. The first-order chi connectivity index (χ1) is 19.3. The number of rotatable bonds is 11. The number of tetrazole rings is 1. The molecular weight excluding hydrogens is 550 g/mol. The van der Waals surface area contributed by atoms with Gasteiger partial charge in [-0.25, -0.2) is 0 Å². The molecule has 2 aromatic carbocycles. The number of benzene rings is 2. The first-order valence-corrected chi connectivity index (χ1v) is 13.1. The summed E-state index contributed by atoms with van der Waals surface area (Å²) >= 11 is 0. The standard InChI is InChI=1S/C27H33N9O4.ClH/c1-3-16(2)25(31-23(37)12-17-7-6-9-19(28)11-17)27(40)30-15-24(38)36-20-10-5-4-8-18(20)13-21(36)26(39)29-14-22-32-34-35-33-22;/h4-11,16,21,25H,3,12-15,28H2,1-2H3,(H,29,39)(H,30,40)(H,31,37)(H,32,33,34,35);1H/t16?,21-,25?;/m0./s1. The number of para-hydroxylation sites is 1. The molecular formula is C27H34ClN9O4. The minimum absolute atomic E-state index is 0. The van der Waals surface area contributed by atoms with E-state index >= 15 is 0 Å². The quantitative estimate of drug-likeness (QED) is 0.204. The van der Waals surface area contributed by atoms with Crippen LogP contribution in [-0.2, 0) is 38.6 Å². The van der Waals surface area contributed by atoms with Gasteiger partial charge in [0.25, 0.3) is 0 Å². The smallest absolute Gasteiger partial charge is 0.247 e. The van der Waals surface area contributed by atoms with E-state index in [4.69, 9.17) is 5.73 Å². The minimum Gasteiger partial charge on any atom is -0.399 e. The fraction of sp³-hybridized carbons (Fsp3) is 0.370. The molecule has 3 aromatic rings. The van der Waals surface area contributed by atoms with E-state index in [0.717, 1.165) is 11.1 Å². The van der Waals surface area contributed by atoms with Crippen molar-refractivity contribution >= 4 is 47.4 Å². The topological polar surface area (TPSA) is 188 Å². The summed E-state index contributed by atoms with van der Waals surface area (Å²) in [5.74, 6) is -1.52. The van der Waals surface area contributed by atoms with Crippen molar-refractivity contribution in [2.45, 2.75) is 51.7 Å². The van der Waals surface area contributed by atoms with E-state index in [1.54, 1.807) is 36.4 Å². The lowest BCUT2D eigenvalue weighted by Gasteiger charge is -2.27. The van der Waals surface area contributed by atoms with Gasteiger partial charge in [-0.05, 0) is 35.2 Å². The summed E-state index contributed by atoms with van der Waals surface area (Å²) in [6, 6.07) is 12.6. The van der Waals surface area contributed by atoms with Gasteiger partial charge in [0, 0.05) is 17.8 Å². The summed E-state index contributed by atoms with van der Waals surface area (Å²) in [6.45, 7) is 3.47. The van der Waals surface area contributed by atoms with Crippen LogP contribution >= 0.6 is 12.4 Å². The summed E-state index contributed by atoms with van der Waals surface area (Å²) in [6.07, 6.45) is 1.02. The molecule has 6 N–H and O–H groups in total. The Balaban J connectivity index is 0.00000462. The van der Waals surface area contributed by atoms with Gasteiger partial charge in [0.15, 0.2) is 5.82 Å². The van der Waals surface area contributed by atoms with Crippen molar-refractivity contribution in [2.24, 2.45) is 5.92 Å². The zero-order valence-electron chi connectivity index (χ0n) is 22.8. The average Bonchev–Trinajstić information content (AvgIpc) is 3.61. The molecule has 4 amide bonds. The molecule has 0 saturated carbocycles. The number of amides is 4. The van der Waals surface area contributed by atoms with E-state index in [9.17, 15) is 19.2 Å². The molecule has 0 spiro atoms. The highest BCUT2D eigenvalue weighted by Crippen LogP contribution is 2.32. The number of hydrogen-bond donors (Lipinski definition) is 5. The second kappa shape index (κ2) is 14.2. The number of halogens is 1. The zero-order valence-corrected chi connectivity index (χ0v) is 23.6. The molecule has 2 unspecified atom stereocenters. The normalized spacial score (nSPS) is 15.2.